The number of hydrogen-bond donors (Lipinski definition) is 1. The lowest BCUT2D eigenvalue weighted by Crippen LogP contribution is -2.18. The van der Waals surface area contributed by atoms with E-state index in [2.05, 4.69) is 5.32 Å². The van der Waals surface area contributed by atoms with Gasteiger partial charge in [-0.15, -0.1) is 0 Å². The van der Waals surface area contributed by atoms with Crippen molar-refractivity contribution in [2.45, 2.75) is 0 Å². The zero-order chi connectivity index (χ0) is 27.1. The molecule has 4 aromatic rings. The second-order valence-electron chi connectivity index (χ2n) is 8.06. The maximum atomic E-state index is 12.7. The van der Waals surface area contributed by atoms with Gasteiger partial charge in [-0.2, -0.15) is 0 Å². The molecule has 0 atom stereocenters. The number of methoxy groups -OCH3 is 3. The number of hydrogen-bond acceptors (Lipinski definition) is 8. The second-order valence-corrected chi connectivity index (χ2v) is 8.06. The summed E-state index contributed by atoms with van der Waals surface area (Å²) in [6, 6.07) is 28.3. The Bertz CT molecular complexity index is 1410. The van der Waals surface area contributed by atoms with Crippen LogP contribution in [0.5, 0.6) is 0 Å². The highest BCUT2D eigenvalue weighted by Gasteiger charge is 2.24. The van der Waals surface area contributed by atoms with Crippen molar-refractivity contribution >= 4 is 46.3 Å². The summed E-state index contributed by atoms with van der Waals surface area (Å²) in [6.07, 6.45) is 0. The molecule has 8 nitrogen and oxygen atoms in total. The number of esters is 3. The molecule has 0 bridgehead atoms. The lowest BCUT2D eigenvalue weighted by Gasteiger charge is -2.28. The normalized spacial score (nSPS) is 10.3. The molecule has 192 valence electrons. The number of carbonyl (C=O) groups excluding carboxylic acids is 3. The standard InChI is InChI=1S/C30H26N2O6/c1-36-28(33)22-10-4-7-13-25(22)31-20-16-18-21(19-17-20)32(26-14-8-5-11-23(26)29(34)37-2)27-15-9-6-12-24(27)30(35)38-3/h4-19,31H,1-3H3. The first kappa shape index (κ1) is 26.0. The fourth-order valence-electron chi connectivity index (χ4n) is 4.04. The first-order valence-electron chi connectivity index (χ1n) is 11.7. The van der Waals surface area contributed by atoms with Gasteiger partial charge in [0.1, 0.15) is 0 Å². The minimum Gasteiger partial charge on any atom is -0.465 e. The molecule has 38 heavy (non-hydrogen) atoms. The van der Waals surface area contributed by atoms with Crippen LogP contribution in [0.25, 0.3) is 0 Å². The monoisotopic (exact) mass is 510 g/mol. The SMILES string of the molecule is COC(=O)c1ccccc1Nc1ccc(N(c2ccccc2C(=O)OC)c2ccccc2C(=O)OC)cc1. The van der Waals surface area contributed by atoms with Crippen LogP contribution in [-0.4, -0.2) is 39.2 Å². The molecule has 0 aromatic heterocycles. The predicted molar refractivity (Wildman–Crippen MR) is 145 cm³/mol. The Balaban J connectivity index is 1.81. The fourth-order valence-corrected chi connectivity index (χ4v) is 4.04. The number of para-hydroxylation sites is 3. The maximum absolute atomic E-state index is 12.7. The van der Waals surface area contributed by atoms with E-state index < -0.39 is 17.9 Å². The smallest absolute Gasteiger partial charge is 0.339 e. The molecular weight excluding hydrogens is 484 g/mol. The summed E-state index contributed by atoms with van der Waals surface area (Å²) in [4.78, 5) is 39.3. The Morgan fingerprint density at radius 3 is 1.47 bits per heavy atom. The van der Waals surface area contributed by atoms with Crippen molar-refractivity contribution in [3.05, 3.63) is 114 Å². The summed E-state index contributed by atoms with van der Waals surface area (Å²) in [5.74, 6) is -1.48. The van der Waals surface area contributed by atoms with Gasteiger partial charge >= 0.3 is 17.9 Å². The van der Waals surface area contributed by atoms with Gasteiger partial charge in [0.2, 0.25) is 0 Å². The van der Waals surface area contributed by atoms with Crippen LogP contribution in [0.3, 0.4) is 0 Å². The number of carbonyl (C=O) groups is 3. The third-order valence-electron chi connectivity index (χ3n) is 5.84. The van der Waals surface area contributed by atoms with Gasteiger partial charge in [-0.1, -0.05) is 36.4 Å². The summed E-state index contributed by atoms with van der Waals surface area (Å²) >= 11 is 0. The first-order chi connectivity index (χ1) is 18.5. The van der Waals surface area contributed by atoms with Crippen molar-refractivity contribution in [3.8, 4) is 0 Å². The lowest BCUT2D eigenvalue weighted by molar-refractivity contribution is 0.0592. The topological polar surface area (TPSA) is 94.2 Å². The third-order valence-corrected chi connectivity index (χ3v) is 5.84. The quantitative estimate of drug-likeness (QED) is 0.219. The molecule has 0 amide bonds. The highest BCUT2D eigenvalue weighted by molar-refractivity contribution is 6.03. The minimum absolute atomic E-state index is 0.323. The van der Waals surface area contributed by atoms with Crippen molar-refractivity contribution in [2.24, 2.45) is 0 Å². The highest BCUT2D eigenvalue weighted by atomic mass is 16.5. The lowest BCUT2D eigenvalue weighted by atomic mass is 10.1. The van der Waals surface area contributed by atoms with Gasteiger partial charge < -0.3 is 24.4 Å². The molecule has 0 aliphatic heterocycles. The Morgan fingerprint density at radius 2 is 0.974 bits per heavy atom. The van der Waals surface area contributed by atoms with Crippen molar-refractivity contribution in [1.29, 1.82) is 0 Å². The molecule has 0 saturated carbocycles. The summed E-state index contributed by atoms with van der Waals surface area (Å²) in [5.41, 5.74) is 4.07. The van der Waals surface area contributed by atoms with Crippen LogP contribution in [0, 0.1) is 0 Å². The van der Waals surface area contributed by atoms with Crippen molar-refractivity contribution in [1.82, 2.24) is 0 Å². The van der Waals surface area contributed by atoms with E-state index in [0.717, 1.165) is 0 Å². The number of anilines is 5. The fraction of sp³-hybridized carbons (Fsp3) is 0.100. The van der Waals surface area contributed by atoms with Gasteiger partial charge in [0.05, 0.1) is 55.1 Å². The first-order valence-corrected chi connectivity index (χ1v) is 11.7. The zero-order valence-corrected chi connectivity index (χ0v) is 21.1. The summed E-state index contributed by atoms with van der Waals surface area (Å²) in [7, 11) is 3.97. The molecule has 8 heteroatoms. The van der Waals surface area contributed by atoms with E-state index in [-0.39, 0.29) is 0 Å². The Morgan fingerprint density at radius 1 is 0.553 bits per heavy atom. The van der Waals surface area contributed by atoms with E-state index in [1.165, 1.54) is 21.3 Å². The molecule has 0 saturated heterocycles. The van der Waals surface area contributed by atoms with Crippen LogP contribution in [0.1, 0.15) is 31.1 Å². The van der Waals surface area contributed by atoms with E-state index >= 15 is 0 Å². The summed E-state index contributed by atoms with van der Waals surface area (Å²) < 4.78 is 14.9. The van der Waals surface area contributed by atoms with Crippen LogP contribution in [-0.2, 0) is 14.2 Å². The van der Waals surface area contributed by atoms with E-state index in [4.69, 9.17) is 14.2 Å². The second kappa shape index (κ2) is 11.7. The number of benzene rings is 4. The van der Waals surface area contributed by atoms with Gasteiger partial charge in [-0.25, -0.2) is 14.4 Å². The molecule has 0 radical (unpaired) electrons. The Kier molecular flexibility index (Phi) is 8.03. The van der Waals surface area contributed by atoms with Crippen LogP contribution in [0.2, 0.25) is 0 Å². The van der Waals surface area contributed by atoms with E-state index in [9.17, 15) is 14.4 Å². The van der Waals surface area contributed by atoms with E-state index in [1.807, 2.05) is 30.3 Å². The largest absolute Gasteiger partial charge is 0.465 e. The molecule has 0 aliphatic carbocycles. The summed E-state index contributed by atoms with van der Waals surface area (Å²) in [6.45, 7) is 0. The number of nitrogens with one attached hydrogen (secondary N) is 1. The molecular formula is C30H26N2O6. The molecule has 0 spiro atoms. The molecule has 4 aromatic carbocycles. The van der Waals surface area contributed by atoms with Gasteiger partial charge in [0.25, 0.3) is 0 Å². The average molecular weight is 511 g/mol. The summed E-state index contributed by atoms with van der Waals surface area (Å²) in [5, 5.41) is 3.24. The van der Waals surface area contributed by atoms with Gasteiger partial charge in [-0.3, -0.25) is 0 Å². The number of ether oxygens (including phenoxy) is 3. The Labute approximate surface area is 220 Å². The minimum atomic E-state index is -0.515. The van der Waals surface area contributed by atoms with Crippen LogP contribution >= 0.6 is 0 Å². The predicted octanol–water partition coefficient (Wildman–Crippen LogP) is 6.26. The van der Waals surface area contributed by atoms with Gasteiger partial charge in [0.15, 0.2) is 0 Å². The van der Waals surface area contributed by atoms with E-state index in [1.54, 1.807) is 71.6 Å². The molecule has 0 fully saturated rings. The van der Waals surface area contributed by atoms with E-state index in [0.29, 0.717) is 45.1 Å². The molecule has 4 rings (SSSR count). The van der Waals surface area contributed by atoms with Crippen molar-refractivity contribution in [3.63, 3.8) is 0 Å². The van der Waals surface area contributed by atoms with Gasteiger partial charge in [-0.05, 0) is 60.7 Å². The maximum Gasteiger partial charge on any atom is 0.339 e. The van der Waals surface area contributed by atoms with Crippen molar-refractivity contribution < 1.29 is 28.6 Å². The number of nitrogens with zero attached hydrogens (tertiary/aromatic N) is 1. The third kappa shape index (κ3) is 5.34. The van der Waals surface area contributed by atoms with Gasteiger partial charge in [0, 0.05) is 11.4 Å². The average Bonchev–Trinajstić information content (AvgIpc) is 2.97. The molecule has 0 heterocycles. The number of rotatable bonds is 8. The van der Waals surface area contributed by atoms with Crippen molar-refractivity contribution in [2.75, 3.05) is 31.5 Å². The highest BCUT2D eigenvalue weighted by Crippen LogP contribution is 2.39. The molecule has 0 aliphatic rings. The van der Waals surface area contributed by atoms with Crippen LogP contribution in [0.4, 0.5) is 28.4 Å². The zero-order valence-electron chi connectivity index (χ0n) is 21.1. The van der Waals surface area contributed by atoms with Crippen LogP contribution in [0.15, 0.2) is 97.1 Å². The van der Waals surface area contributed by atoms with Crippen LogP contribution < -0.4 is 10.2 Å². The molecule has 1 N–H and O–H groups in total. The Hall–Kier alpha value is -5.11. The molecule has 0 unspecified atom stereocenters.